The van der Waals surface area contributed by atoms with Crippen molar-refractivity contribution in [2.45, 2.75) is 66.2 Å². The lowest BCUT2D eigenvalue weighted by molar-refractivity contribution is 0.279. The van der Waals surface area contributed by atoms with Crippen molar-refractivity contribution in [3.05, 3.63) is 11.6 Å². The van der Waals surface area contributed by atoms with Crippen molar-refractivity contribution in [3.8, 4) is 0 Å². The number of allylic oxidation sites excluding steroid dienone is 2. The van der Waals surface area contributed by atoms with E-state index in [1.54, 1.807) is 5.57 Å². The Kier molecular flexibility index (Phi) is 3.47. The highest BCUT2D eigenvalue weighted by molar-refractivity contribution is 5.14. The molecule has 0 amide bonds. The highest BCUT2D eigenvalue weighted by Gasteiger charge is 2.42. The second-order valence-corrected chi connectivity index (χ2v) is 6.92. The molecule has 1 saturated carbocycles. The van der Waals surface area contributed by atoms with Crippen LogP contribution < -0.4 is 0 Å². The minimum Gasteiger partial charge on any atom is -0.0848 e. The van der Waals surface area contributed by atoms with Crippen LogP contribution in [0.4, 0.5) is 0 Å². The summed E-state index contributed by atoms with van der Waals surface area (Å²) in [5.74, 6) is 2.55. The predicted octanol–water partition coefficient (Wildman–Crippen LogP) is 5.20. The lowest BCUT2D eigenvalue weighted by Crippen LogP contribution is -2.18. The molecule has 0 nitrogen and oxygen atoms in total. The standard InChI is InChI=1S/C16H28/c1-12(2)15(13(3)4)11-14-5-7-16(8-6-14)9-10-16/h5,12-13,15H,6-11H2,1-4H3. The zero-order valence-corrected chi connectivity index (χ0v) is 11.6. The second kappa shape index (κ2) is 4.55. The van der Waals surface area contributed by atoms with E-state index in [1.165, 1.54) is 38.5 Å². The van der Waals surface area contributed by atoms with Gasteiger partial charge in [-0.3, -0.25) is 0 Å². The third kappa shape index (κ3) is 2.70. The summed E-state index contributed by atoms with van der Waals surface area (Å²) < 4.78 is 0. The first-order chi connectivity index (χ1) is 7.52. The third-order valence-corrected chi connectivity index (χ3v) is 4.97. The molecule has 0 heteroatoms. The fourth-order valence-electron chi connectivity index (χ4n) is 3.35. The van der Waals surface area contributed by atoms with Crippen LogP contribution in [0.25, 0.3) is 0 Å². The Bertz CT molecular complexity index is 258. The van der Waals surface area contributed by atoms with Crippen LogP contribution in [0.2, 0.25) is 0 Å². The van der Waals surface area contributed by atoms with Gasteiger partial charge in [0.15, 0.2) is 0 Å². The SMILES string of the molecule is CC(C)C(CC1=CCC2(CC1)CC2)C(C)C. The molecule has 0 aromatic carbocycles. The lowest BCUT2D eigenvalue weighted by Gasteiger charge is -2.29. The van der Waals surface area contributed by atoms with Gasteiger partial charge in [-0.05, 0) is 61.7 Å². The predicted molar refractivity (Wildman–Crippen MR) is 71.4 cm³/mol. The van der Waals surface area contributed by atoms with E-state index in [1.807, 2.05) is 0 Å². The average molecular weight is 220 g/mol. The fourth-order valence-corrected chi connectivity index (χ4v) is 3.35. The molecule has 1 fully saturated rings. The van der Waals surface area contributed by atoms with E-state index in [0.717, 1.165) is 23.2 Å². The first-order valence-electron chi connectivity index (χ1n) is 7.20. The smallest absolute Gasteiger partial charge is 0.0259 e. The van der Waals surface area contributed by atoms with Gasteiger partial charge < -0.3 is 0 Å². The molecule has 0 N–H and O–H groups in total. The first kappa shape index (κ1) is 12.2. The monoisotopic (exact) mass is 220 g/mol. The number of hydrogen-bond donors (Lipinski definition) is 0. The summed E-state index contributed by atoms with van der Waals surface area (Å²) in [6.45, 7) is 9.54. The molecule has 0 aromatic rings. The summed E-state index contributed by atoms with van der Waals surface area (Å²) >= 11 is 0. The zero-order valence-electron chi connectivity index (χ0n) is 11.6. The Hall–Kier alpha value is -0.260. The summed E-state index contributed by atoms with van der Waals surface area (Å²) in [6, 6.07) is 0. The van der Waals surface area contributed by atoms with Crippen molar-refractivity contribution in [2.24, 2.45) is 23.2 Å². The van der Waals surface area contributed by atoms with Crippen LogP contribution in [-0.2, 0) is 0 Å². The molecule has 0 aliphatic heterocycles. The van der Waals surface area contributed by atoms with Crippen molar-refractivity contribution >= 4 is 0 Å². The van der Waals surface area contributed by atoms with Gasteiger partial charge in [-0.1, -0.05) is 39.3 Å². The Morgan fingerprint density at radius 3 is 2.06 bits per heavy atom. The minimum absolute atomic E-state index is 0.800. The second-order valence-electron chi connectivity index (χ2n) is 6.92. The summed E-state index contributed by atoms with van der Waals surface area (Å²) in [5, 5.41) is 0. The summed E-state index contributed by atoms with van der Waals surface area (Å²) in [5.41, 5.74) is 2.57. The molecule has 0 bridgehead atoms. The Labute approximate surface area is 102 Å². The molecule has 16 heavy (non-hydrogen) atoms. The highest BCUT2D eigenvalue weighted by Crippen LogP contribution is 2.56. The van der Waals surface area contributed by atoms with Gasteiger partial charge in [0.25, 0.3) is 0 Å². The van der Waals surface area contributed by atoms with E-state index in [-0.39, 0.29) is 0 Å². The molecule has 0 saturated heterocycles. The van der Waals surface area contributed by atoms with E-state index < -0.39 is 0 Å². The molecule has 0 unspecified atom stereocenters. The quantitative estimate of drug-likeness (QED) is 0.572. The first-order valence-corrected chi connectivity index (χ1v) is 7.20. The zero-order chi connectivity index (χ0) is 11.8. The van der Waals surface area contributed by atoms with Gasteiger partial charge in [0, 0.05) is 0 Å². The normalized spacial score (nSPS) is 23.3. The molecule has 1 spiro atoms. The van der Waals surface area contributed by atoms with E-state index in [4.69, 9.17) is 0 Å². The van der Waals surface area contributed by atoms with Crippen LogP contribution in [0.15, 0.2) is 11.6 Å². The van der Waals surface area contributed by atoms with Crippen molar-refractivity contribution in [3.63, 3.8) is 0 Å². The van der Waals surface area contributed by atoms with Crippen LogP contribution in [0.5, 0.6) is 0 Å². The summed E-state index contributed by atoms with van der Waals surface area (Å²) in [4.78, 5) is 0. The number of hydrogen-bond acceptors (Lipinski definition) is 0. The lowest BCUT2D eigenvalue weighted by atomic mass is 9.77. The van der Waals surface area contributed by atoms with Gasteiger partial charge in [0.05, 0.1) is 0 Å². The van der Waals surface area contributed by atoms with E-state index >= 15 is 0 Å². The topological polar surface area (TPSA) is 0 Å². The minimum atomic E-state index is 0.800. The van der Waals surface area contributed by atoms with Crippen LogP contribution in [-0.4, -0.2) is 0 Å². The van der Waals surface area contributed by atoms with Crippen LogP contribution in [0, 0.1) is 23.2 Å². The van der Waals surface area contributed by atoms with Crippen molar-refractivity contribution in [1.82, 2.24) is 0 Å². The molecule has 92 valence electrons. The van der Waals surface area contributed by atoms with Crippen LogP contribution in [0.1, 0.15) is 66.2 Å². The van der Waals surface area contributed by atoms with E-state index in [9.17, 15) is 0 Å². The third-order valence-electron chi connectivity index (χ3n) is 4.97. The highest BCUT2D eigenvalue weighted by atomic mass is 14.5. The van der Waals surface area contributed by atoms with Crippen molar-refractivity contribution in [1.29, 1.82) is 0 Å². The molecule has 2 rings (SSSR count). The van der Waals surface area contributed by atoms with Crippen LogP contribution >= 0.6 is 0 Å². The average Bonchev–Trinajstić information content (AvgIpc) is 2.96. The molecular formula is C16H28. The largest absolute Gasteiger partial charge is 0.0848 e. The van der Waals surface area contributed by atoms with Gasteiger partial charge in [0.1, 0.15) is 0 Å². The van der Waals surface area contributed by atoms with Gasteiger partial charge in [-0.15, -0.1) is 0 Å². The molecule has 0 atom stereocenters. The molecular weight excluding hydrogens is 192 g/mol. The van der Waals surface area contributed by atoms with Gasteiger partial charge >= 0.3 is 0 Å². The van der Waals surface area contributed by atoms with Gasteiger partial charge in [-0.25, -0.2) is 0 Å². The van der Waals surface area contributed by atoms with Gasteiger partial charge in [0.2, 0.25) is 0 Å². The van der Waals surface area contributed by atoms with Gasteiger partial charge in [-0.2, -0.15) is 0 Å². The summed E-state index contributed by atoms with van der Waals surface area (Å²) in [6.07, 6.45) is 11.3. The van der Waals surface area contributed by atoms with E-state index in [2.05, 4.69) is 33.8 Å². The maximum Gasteiger partial charge on any atom is -0.0259 e. The Morgan fingerprint density at radius 1 is 1.06 bits per heavy atom. The summed E-state index contributed by atoms with van der Waals surface area (Å²) in [7, 11) is 0. The molecule has 0 heterocycles. The van der Waals surface area contributed by atoms with Crippen molar-refractivity contribution < 1.29 is 0 Å². The fraction of sp³-hybridized carbons (Fsp3) is 0.875. The Morgan fingerprint density at radius 2 is 1.69 bits per heavy atom. The molecule has 0 radical (unpaired) electrons. The Balaban J connectivity index is 1.91. The molecule has 2 aliphatic rings. The maximum absolute atomic E-state index is 2.59. The maximum atomic E-state index is 2.59. The number of rotatable bonds is 4. The molecule has 0 aromatic heterocycles. The van der Waals surface area contributed by atoms with Crippen molar-refractivity contribution in [2.75, 3.05) is 0 Å². The van der Waals surface area contributed by atoms with Crippen LogP contribution in [0.3, 0.4) is 0 Å². The van der Waals surface area contributed by atoms with E-state index in [0.29, 0.717) is 0 Å². The molecule has 2 aliphatic carbocycles.